The molecule has 0 saturated carbocycles. The van der Waals surface area contributed by atoms with Crippen LogP contribution in [0.3, 0.4) is 0 Å². The monoisotopic (exact) mass is 262 g/mol. The zero-order valence-electron chi connectivity index (χ0n) is 10.1. The lowest BCUT2D eigenvalue weighted by Crippen LogP contribution is -2.14. The van der Waals surface area contributed by atoms with Crippen LogP contribution < -0.4 is 16.2 Å². The molecule has 4 N–H and O–H groups in total. The molecular weight excluding hydrogens is 245 g/mol. The number of rotatable bonds is 5. The van der Waals surface area contributed by atoms with Gasteiger partial charge in [0.15, 0.2) is 0 Å². The first-order chi connectivity index (χ1) is 8.38. The molecule has 0 bridgehead atoms. The highest BCUT2D eigenvalue weighted by molar-refractivity contribution is 5.37. The summed E-state index contributed by atoms with van der Waals surface area (Å²) in [6.45, 7) is 0.462. The fraction of sp³-hybridized carbons (Fsp3) is 0.500. The van der Waals surface area contributed by atoms with Crippen LogP contribution in [0.5, 0.6) is 5.75 Å². The van der Waals surface area contributed by atoms with Crippen LogP contribution in [0.15, 0.2) is 18.2 Å². The molecule has 0 spiro atoms. The van der Waals surface area contributed by atoms with Gasteiger partial charge in [0.25, 0.3) is 0 Å². The molecule has 0 saturated heterocycles. The Balaban J connectivity index is 3.04. The summed E-state index contributed by atoms with van der Waals surface area (Å²) in [4.78, 5) is 0. The lowest BCUT2D eigenvalue weighted by Gasteiger charge is -2.16. The van der Waals surface area contributed by atoms with Gasteiger partial charge >= 0.3 is 6.18 Å². The quantitative estimate of drug-likeness (QED) is 0.856. The summed E-state index contributed by atoms with van der Waals surface area (Å²) in [5.41, 5.74) is 10.9. The van der Waals surface area contributed by atoms with Crippen LogP contribution in [0.4, 0.5) is 13.2 Å². The molecule has 0 fully saturated rings. The number of halogens is 3. The minimum absolute atomic E-state index is 0.156. The second-order valence-corrected chi connectivity index (χ2v) is 4.03. The predicted molar refractivity (Wildman–Crippen MR) is 63.2 cm³/mol. The Kier molecular flexibility index (Phi) is 4.98. The first-order valence-corrected chi connectivity index (χ1v) is 5.60. The summed E-state index contributed by atoms with van der Waals surface area (Å²) in [7, 11) is 1.32. The van der Waals surface area contributed by atoms with Crippen molar-refractivity contribution in [2.75, 3.05) is 13.7 Å². The number of benzene rings is 1. The van der Waals surface area contributed by atoms with Gasteiger partial charge < -0.3 is 16.2 Å². The zero-order valence-corrected chi connectivity index (χ0v) is 10.1. The van der Waals surface area contributed by atoms with Crippen LogP contribution in [-0.2, 0) is 6.18 Å². The van der Waals surface area contributed by atoms with Gasteiger partial charge in [-0.05, 0) is 43.1 Å². The largest absolute Gasteiger partial charge is 0.497 e. The third-order valence-corrected chi connectivity index (χ3v) is 2.64. The summed E-state index contributed by atoms with van der Waals surface area (Å²) in [6.07, 6.45) is -3.20. The average Bonchev–Trinajstić information content (AvgIpc) is 2.34. The van der Waals surface area contributed by atoms with Crippen molar-refractivity contribution in [2.24, 2.45) is 11.5 Å². The van der Waals surface area contributed by atoms with Crippen molar-refractivity contribution in [2.45, 2.75) is 25.1 Å². The molecule has 0 aromatic heterocycles. The van der Waals surface area contributed by atoms with E-state index in [4.69, 9.17) is 16.2 Å². The molecule has 0 radical (unpaired) electrons. The smallest absolute Gasteiger partial charge is 0.416 e. The van der Waals surface area contributed by atoms with Crippen molar-refractivity contribution in [3.05, 3.63) is 29.3 Å². The molecular formula is C12H17F3N2O. The van der Waals surface area contributed by atoms with Gasteiger partial charge in [0.2, 0.25) is 0 Å². The number of methoxy groups -OCH3 is 1. The molecule has 0 unspecified atom stereocenters. The normalized spacial score (nSPS) is 13.4. The van der Waals surface area contributed by atoms with Crippen LogP contribution in [0.1, 0.15) is 30.0 Å². The number of hydrogen-bond acceptors (Lipinski definition) is 3. The molecule has 1 aromatic rings. The third kappa shape index (κ3) is 3.89. The maximum Gasteiger partial charge on any atom is 0.416 e. The van der Waals surface area contributed by atoms with Crippen molar-refractivity contribution in [3.8, 4) is 5.75 Å². The fourth-order valence-corrected chi connectivity index (χ4v) is 1.62. The van der Waals surface area contributed by atoms with Crippen molar-refractivity contribution >= 4 is 0 Å². The highest BCUT2D eigenvalue weighted by atomic mass is 19.4. The van der Waals surface area contributed by atoms with Crippen molar-refractivity contribution in [3.63, 3.8) is 0 Å². The van der Waals surface area contributed by atoms with Crippen LogP contribution in [0.25, 0.3) is 0 Å². The fourth-order valence-electron chi connectivity index (χ4n) is 1.62. The summed E-state index contributed by atoms with van der Waals surface area (Å²) in [5, 5.41) is 0. The first-order valence-electron chi connectivity index (χ1n) is 5.60. The summed E-state index contributed by atoms with van der Waals surface area (Å²) in [6, 6.07) is 3.07. The Morgan fingerprint density at radius 2 is 1.94 bits per heavy atom. The molecule has 0 aliphatic carbocycles. The topological polar surface area (TPSA) is 61.3 Å². The molecule has 0 aliphatic heterocycles. The van der Waals surface area contributed by atoms with E-state index in [9.17, 15) is 13.2 Å². The van der Waals surface area contributed by atoms with Gasteiger partial charge in [-0.15, -0.1) is 0 Å². The Morgan fingerprint density at radius 3 is 2.44 bits per heavy atom. The average molecular weight is 262 g/mol. The molecule has 1 atom stereocenters. The van der Waals surface area contributed by atoms with Crippen LogP contribution in [-0.4, -0.2) is 13.7 Å². The maximum absolute atomic E-state index is 12.7. The molecule has 1 rings (SSSR count). The van der Waals surface area contributed by atoms with Gasteiger partial charge in [-0.2, -0.15) is 13.2 Å². The Morgan fingerprint density at radius 1 is 1.28 bits per heavy atom. The SMILES string of the molecule is COc1cc([C@H](N)CCCN)cc(C(F)(F)F)c1. The molecule has 6 heteroatoms. The number of hydrogen-bond donors (Lipinski definition) is 2. The van der Waals surface area contributed by atoms with Crippen molar-refractivity contribution < 1.29 is 17.9 Å². The molecule has 3 nitrogen and oxygen atoms in total. The van der Waals surface area contributed by atoms with Gasteiger partial charge in [0.05, 0.1) is 12.7 Å². The van der Waals surface area contributed by atoms with Crippen LogP contribution >= 0.6 is 0 Å². The van der Waals surface area contributed by atoms with Gasteiger partial charge in [0, 0.05) is 6.04 Å². The van der Waals surface area contributed by atoms with Gasteiger partial charge in [-0.3, -0.25) is 0 Å². The Bertz CT molecular complexity index is 393. The van der Waals surface area contributed by atoms with Crippen molar-refractivity contribution in [1.29, 1.82) is 0 Å². The van der Waals surface area contributed by atoms with Crippen LogP contribution in [0, 0.1) is 0 Å². The highest BCUT2D eigenvalue weighted by Crippen LogP contribution is 2.34. The molecule has 0 amide bonds. The van der Waals surface area contributed by atoms with E-state index in [2.05, 4.69) is 0 Å². The maximum atomic E-state index is 12.7. The lowest BCUT2D eigenvalue weighted by atomic mass is 10.00. The van der Waals surface area contributed by atoms with Crippen molar-refractivity contribution in [1.82, 2.24) is 0 Å². The van der Waals surface area contributed by atoms with E-state index in [1.807, 2.05) is 0 Å². The van der Waals surface area contributed by atoms with Gasteiger partial charge in [0.1, 0.15) is 5.75 Å². The summed E-state index contributed by atoms with van der Waals surface area (Å²) in [5.74, 6) is 0.156. The minimum atomic E-state index is -4.41. The van der Waals surface area contributed by atoms with E-state index in [0.717, 1.165) is 12.1 Å². The van der Waals surface area contributed by atoms with Crippen LogP contribution in [0.2, 0.25) is 0 Å². The van der Waals surface area contributed by atoms with E-state index in [0.29, 0.717) is 24.9 Å². The highest BCUT2D eigenvalue weighted by Gasteiger charge is 2.31. The Hall–Kier alpha value is -1.27. The van der Waals surface area contributed by atoms with E-state index in [1.54, 1.807) is 0 Å². The minimum Gasteiger partial charge on any atom is -0.497 e. The van der Waals surface area contributed by atoms with E-state index in [-0.39, 0.29) is 5.75 Å². The number of ether oxygens (including phenoxy) is 1. The Labute approximate surface area is 104 Å². The standard InChI is InChI=1S/C12H17F3N2O/c1-18-10-6-8(11(17)3-2-4-16)5-9(7-10)12(13,14)15/h5-7,11H,2-4,16-17H2,1H3/t11-/m1/s1. The number of alkyl halides is 3. The van der Waals surface area contributed by atoms with Gasteiger partial charge in [-0.25, -0.2) is 0 Å². The summed E-state index contributed by atoms with van der Waals surface area (Å²) < 4.78 is 42.9. The van der Waals surface area contributed by atoms with E-state index < -0.39 is 17.8 Å². The molecule has 102 valence electrons. The zero-order chi connectivity index (χ0) is 13.8. The van der Waals surface area contributed by atoms with Gasteiger partial charge in [-0.1, -0.05) is 0 Å². The predicted octanol–water partition coefficient (Wildman–Crippen LogP) is 2.45. The lowest BCUT2D eigenvalue weighted by molar-refractivity contribution is -0.137. The second-order valence-electron chi connectivity index (χ2n) is 4.03. The second kappa shape index (κ2) is 6.06. The molecule has 18 heavy (non-hydrogen) atoms. The van der Waals surface area contributed by atoms with E-state index >= 15 is 0 Å². The number of nitrogens with two attached hydrogens (primary N) is 2. The molecule has 0 aliphatic rings. The molecule has 0 heterocycles. The third-order valence-electron chi connectivity index (χ3n) is 2.64. The molecule has 1 aromatic carbocycles. The van der Waals surface area contributed by atoms with E-state index in [1.165, 1.54) is 13.2 Å². The summed E-state index contributed by atoms with van der Waals surface area (Å²) >= 11 is 0. The first kappa shape index (κ1) is 14.8.